The van der Waals surface area contributed by atoms with Crippen LogP contribution in [0.5, 0.6) is 5.75 Å². The van der Waals surface area contributed by atoms with E-state index in [2.05, 4.69) is 27.4 Å². The zero-order valence-corrected chi connectivity index (χ0v) is 28.4. The number of rotatable bonds is 9. The quantitative estimate of drug-likeness (QED) is 0.193. The zero-order valence-electron chi connectivity index (χ0n) is 26.0. The second-order valence-electron chi connectivity index (χ2n) is 12.0. The number of thiophene rings is 1. The topological polar surface area (TPSA) is 131 Å². The van der Waals surface area contributed by atoms with E-state index in [0.29, 0.717) is 34.9 Å². The van der Waals surface area contributed by atoms with Crippen molar-refractivity contribution in [2.75, 3.05) is 48.4 Å². The molecule has 0 spiro atoms. The molecule has 0 amide bonds. The van der Waals surface area contributed by atoms with Crippen molar-refractivity contribution in [2.45, 2.75) is 61.4 Å². The van der Waals surface area contributed by atoms with Crippen molar-refractivity contribution < 1.29 is 47.9 Å². The first-order chi connectivity index (χ1) is 22.9. The van der Waals surface area contributed by atoms with E-state index in [4.69, 9.17) is 9.88 Å². The van der Waals surface area contributed by atoms with Gasteiger partial charge in [-0.05, 0) is 54.8 Å². The molecular formula is C31H34F6N4O5S3. The van der Waals surface area contributed by atoms with Gasteiger partial charge in [0.15, 0.2) is 16.4 Å². The predicted octanol–water partition coefficient (Wildman–Crippen LogP) is 5.51. The molecular weight excluding hydrogens is 719 g/mol. The van der Waals surface area contributed by atoms with Crippen molar-refractivity contribution in [1.82, 2.24) is 4.90 Å². The second-order valence-corrected chi connectivity index (χ2v) is 16.9. The fourth-order valence-corrected chi connectivity index (χ4v) is 8.96. The smallest absolute Gasteiger partial charge is 0.422 e. The molecule has 18 heteroatoms. The minimum absolute atomic E-state index is 0.0131. The van der Waals surface area contributed by atoms with E-state index in [-0.39, 0.29) is 40.2 Å². The van der Waals surface area contributed by atoms with Crippen LogP contribution in [0.3, 0.4) is 0 Å². The van der Waals surface area contributed by atoms with Crippen molar-refractivity contribution in [3.05, 3.63) is 46.8 Å². The molecule has 4 N–H and O–H groups in total. The number of benzene rings is 2. The molecule has 5 rings (SSSR count). The normalized spacial score (nSPS) is 20.4. The average Bonchev–Trinajstić information content (AvgIpc) is 3.34. The van der Waals surface area contributed by atoms with Crippen molar-refractivity contribution in [1.29, 1.82) is 0 Å². The van der Waals surface area contributed by atoms with Gasteiger partial charge in [0.2, 0.25) is 10.0 Å². The summed E-state index contributed by atoms with van der Waals surface area (Å²) >= 11 is 1.11. The Morgan fingerprint density at radius 1 is 0.980 bits per heavy atom. The van der Waals surface area contributed by atoms with Crippen LogP contribution in [-0.4, -0.2) is 83.9 Å². The molecule has 1 aliphatic heterocycles. The van der Waals surface area contributed by atoms with Gasteiger partial charge in [-0.15, -0.1) is 11.3 Å². The van der Waals surface area contributed by atoms with E-state index in [9.17, 15) is 43.2 Å². The Morgan fingerprint density at radius 3 is 2.31 bits per heavy atom. The first kappa shape index (κ1) is 37.0. The molecule has 1 saturated carbocycles. The molecule has 268 valence electrons. The zero-order chi connectivity index (χ0) is 35.6. The van der Waals surface area contributed by atoms with Crippen LogP contribution in [0.15, 0.2) is 41.3 Å². The molecule has 0 unspecified atom stereocenters. The summed E-state index contributed by atoms with van der Waals surface area (Å²) < 4.78 is 132. The highest BCUT2D eigenvalue weighted by atomic mass is 32.2. The maximum atomic E-state index is 13.7. The first-order valence-corrected chi connectivity index (χ1v) is 19.5. The Morgan fingerprint density at radius 2 is 1.67 bits per heavy atom. The molecule has 49 heavy (non-hydrogen) atoms. The summed E-state index contributed by atoms with van der Waals surface area (Å²) in [6, 6.07) is 8.54. The minimum Gasteiger partial charge on any atom is -0.482 e. The van der Waals surface area contributed by atoms with Crippen molar-refractivity contribution in [3.63, 3.8) is 0 Å². The molecule has 1 aromatic heterocycles. The Balaban J connectivity index is 1.32. The van der Waals surface area contributed by atoms with Crippen LogP contribution in [0.4, 0.5) is 37.7 Å². The minimum atomic E-state index is -4.71. The van der Waals surface area contributed by atoms with Crippen LogP contribution >= 0.6 is 11.3 Å². The van der Waals surface area contributed by atoms with E-state index in [0.717, 1.165) is 55.2 Å². The van der Waals surface area contributed by atoms with Gasteiger partial charge in [0, 0.05) is 31.2 Å². The number of hydrogen-bond acceptors (Lipinski definition) is 9. The number of alkyl halides is 6. The highest BCUT2D eigenvalue weighted by Gasteiger charge is 2.33. The molecule has 9 nitrogen and oxygen atoms in total. The largest absolute Gasteiger partial charge is 0.482 e. The fourth-order valence-electron chi connectivity index (χ4n) is 6.03. The summed E-state index contributed by atoms with van der Waals surface area (Å²) in [7, 11) is -7.22. The molecule has 2 heterocycles. The van der Waals surface area contributed by atoms with Crippen molar-refractivity contribution in [3.8, 4) is 17.6 Å². The third-order valence-corrected chi connectivity index (χ3v) is 12.1. The van der Waals surface area contributed by atoms with Crippen LogP contribution in [0.25, 0.3) is 10.1 Å². The summed E-state index contributed by atoms with van der Waals surface area (Å²) in [5, 5.41) is 11.7. The van der Waals surface area contributed by atoms with Crippen LogP contribution in [0, 0.1) is 11.8 Å². The number of sulfone groups is 1. The lowest BCUT2D eigenvalue weighted by Crippen LogP contribution is -2.48. The van der Waals surface area contributed by atoms with Gasteiger partial charge in [-0.1, -0.05) is 24.0 Å². The third kappa shape index (κ3) is 10.2. The number of nitrogens with zero attached hydrogens (tertiary/aromatic N) is 1. The average molecular weight is 753 g/mol. The SMILES string of the molecule is NS(=O)(=O)c1ccc(NCC#Cc2sc3c(NC4CCC(N5CCS(=O)(=O)CC5)CC4)cccc3c2CC(F)(F)F)c(OCC(F)(F)F)c1. The summed E-state index contributed by atoms with van der Waals surface area (Å²) in [6.07, 6.45) is -7.07. The lowest BCUT2D eigenvalue weighted by atomic mass is 9.90. The molecule has 1 aliphatic carbocycles. The number of hydrogen-bond donors (Lipinski definition) is 3. The molecule has 0 bridgehead atoms. The standard InChI is InChI=1S/C31H34F6N4O5S3/c32-30(33,34)18-24-23-3-1-4-26(40-20-6-8-21(9-7-20)41-13-15-48(42,43)16-14-41)29(23)47-28(24)5-2-12-39-25-11-10-22(49(38,44)45)17-27(25)46-19-31(35,36)37/h1,3-4,10-11,17,20-21,39-40H,6-9,12-16,18-19H2,(H2,38,44,45). The number of nitrogens with one attached hydrogen (secondary N) is 2. The Hall–Kier alpha value is -3.24. The number of sulfonamides is 1. The Labute approximate surface area is 284 Å². The van der Waals surface area contributed by atoms with E-state index >= 15 is 0 Å². The van der Waals surface area contributed by atoms with Gasteiger partial charge in [0.05, 0.1) is 50.3 Å². The summed E-state index contributed by atoms with van der Waals surface area (Å²) in [5.74, 6) is 5.39. The first-order valence-electron chi connectivity index (χ1n) is 15.3. The van der Waals surface area contributed by atoms with Crippen molar-refractivity contribution in [2.24, 2.45) is 5.14 Å². The van der Waals surface area contributed by atoms with Gasteiger partial charge >= 0.3 is 12.4 Å². The number of fused-ring (bicyclic) bond motifs is 1. The molecule has 3 aromatic rings. The van der Waals surface area contributed by atoms with E-state index in [1.165, 1.54) is 0 Å². The number of primary sulfonamides is 1. The van der Waals surface area contributed by atoms with Gasteiger partial charge in [-0.2, -0.15) is 26.3 Å². The summed E-state index contributed by atoms with van der Waals surface area (Å²) in [6.45, 7) is -0.863. The molecule has 0 atom stereocenters. The molecule has 2 aromatic carbocycles. The Kier molecular flexibility index (Phi) is 11.0. The highest BCUT2D eigenvalue weighted by molar-refractivity contribution is 7.91. The van der Waals surface area contributed by atoms with Crippen LogP contribution in [0.1, 0.15) is 36.1 Å². The monoisotopic (exact) mass is 752 g/mol. The van der Waals surface area contributed by atoms with Gasteiger partial charge < -0.3 is 15.4 Å². The van der Waals surface area contributed by atoms with E-state index in [1.807, 2.05) is 6.07 Å². The van der Waals surface area contributed by atoms with Crippen molar-refractivity contribution >= 4 is 52.7 Å². The van der Waals surface area contributed by atoms with Gasteiger partial charge in [0.1, 0.15) is 5.75 Å². The number of halogens is 6. The number of nitrogens with two attached hydrogens (primary N) is 1. The lowest BCUT2D eigenvalue weighted by Gasteiger charge is -2.39. The van der Waals surface area contributed by atoms with Crippen LogP contribution in [0.2, 0.25) is 0 Å². The molecule has 0 radical (unpaired) electrons. The highest BCUT2D eigenvalue weighted by Crippen LogP contribution is 2.40. The van der Waals surface area contributed by atoms with Gasteiger partial charge in [0.25, 0.3) is 0 Å². The summed E-state index contributed by atoms with van der Waals surface area (Å²) in [5.41, 5.74) is 0.675. The van der Waals surface area contributed by atoms with Gasteiger partial charge in [-0.3, -0.25) is 4.90 Å². The third-order valence-electron chi connectivity index (χ3n) is 8.39. The maximum absolute atomic E-state index is 13.7. The van der Waals surface area contributed by atoms with Crippen LogP contribution < -0.4 is 20.5 Å². The number of ether oxygens (including phenoxy) is 1. The van der Waals surface area contributed by atoms with E-state index in [1.54, 1.807) is 12.1 Å². The second kappa shape index (κ2) is 14.5. The molecule has 1 saturated heterocycles. The van der Waals surface area contributed by atoms with Gasteiger partial charge in [-0.25, -0.2) is 22.0 Å². The lowest BCUT2D eigenvalue weighted by molar-refractivity contribution is -0.153. The Bertz CT molecular complexity index is 1930. The number of anilines is 2. The summed E-state index contributed by atoms with van der Waals surface area (Å²) in [4.78, 5) is 1.95. The van der Waals surface area contributed by atoms with Crippen LogP contribution in [-0.2, 0) is 26.3 Å². The molecule has 2 aliphatic rings. The maximum Gasteiger partial charge on any atom is 0.422 e. The predicted molar refractivity (Wildman–Crippen MR) is 176 cm³/mol. The fraction of sp³-hybridized carbons (Fsp3) is 0.484. The molecule has 2 fully saturated rings. The van der Waals surface area contributed by atoms with E-state index < -0.39 is 55.9 Å².